The van der Waals surface area contributed by atoms with E-state index >= 15 is 0 Å². The first-order chi connectivity index (χ1) is 15.9. The van der Waals surface area contributed by atoms with Crippen LogP contribution in [0.3, 0.4) is 0 Å². The molecule has 0 saturated heterocycles. The predicted molar refractivity (Wildman–Crippen MR) is 131 cm³/mol. The fourth-order valence-electron chi connectivity index (χ4n) is 6.76. The van der Waals surface area contributed by atoms with Crippen LogP contribution in [0, 0.1) is 17.3 Å². The Morgan fingerprint density at radius 1 is 1.15 bits per heavy atom. The van der Waals surface area contributed by atoms with Crippen LogP contribution in [0.4, 0.5) is 0 Å². The summed E-state index contributed by atoms with van der Waals surface area (Å²) in [4.78, 5) is 4.34. The molecule has 0 bridgehead atoms. The predicted octanol–water partition coefficient (Wildman–Crippen LogP) is 5.02. The molecule has 0 aliphatic heterocycles. The summed E-state index contributed by atoms with van der Waals surface area (Å²) in [5.74, 6) is 1.02. The van der Waals surface area contributed by atoms with E-state index in [-0.39, 0.29) is 11.5 Å². The van der Waals surface area contributed by atoms with Gasteiger partial charge >= 0.3 is 0 Å². The first kappa shape index (κ1) is 22.6. The lowest BCUT2D eigenvalue weighted by molar-refractivity contribution is 0.124. The van der Waals surface area contributed by atoms with Crippen LogP contribution >= 0.6 is 0 Å². The fourth-order valence-corrected chi connectivity index (χ4v) is 6.76. The topological polar surface area (TPSA) is 78.5 Å². The Labute approximate surface area is 196 Å². The zero-order chi connectivity index (χ0) is 23.2. The SMILES string of the molecule is CC12CC(O)C3=C(CCC4CCC(O)CC4=C3)C1CC=C2c1ccc2ocnc2c1.CNC. The first-order valence-electron chi connectivity index (χ1n) is 12.4. The smallest absolute Gasteiger partial charge is 0.181 e. The molecule has 33 heavy (non-hydrogen) atoms. The van der Waals surface area contributed by atoms with Gasteiger partial charge in [-0.05, 0) is 99.7 Å². The molecular formula is C28H36N2O3. The Bertz CT molecular complexity index is 1130. The maximum Gasteiger partial charge on any atom is 0.181 e. The van der Waals surface area contributed by atoms with Crippen LogP contribution in [0.25, 0.3) is 16.7 Å². The molecule has 5 atom stereocenters. The lowest BCUT2D eigenvalue weighted by Crippen LogP contribution is -2.37. The molecule has 3 N–H and O–H groups in total. The summed E-state index contributed by atoms with van der Waals surface area (Å²) in [7, 11) is 3.75. The molecule has 5 nitrogen and oxygen atoms in total. The summed E-state index contributed by atoms with van der Waals surface area (Å²) >= 11 is 0. The zero-order valence-electron chi connectivity index (χ0n) is 20.0. The minimum atomic E-state index is -0.441. The minimum Gasteiger partial charge on any atom is -0.443 e. The molecule has 4 aliphatic carbocycles. The molecule has 4 aliphatic rings. The van der Waals surface area contributed by atoms with E-state index < -0.39 is 6.10 Å². The van der Waals surface area contributed by atoms with Crippen molar-refractivity contribution in [3.05, 3.63) is 59.0 Å². The highest BCUT2D eigenvalue weighted by Gasteiger charge is 2.49. The first-order valence-corrected chi connectivity index (χ1v) is 12.4. The molecule has 1 saturated carbocycles. The largest absolute Gasteiger partial charge is 0.443 e. The number of hydrogen-bond acceptors (Lipinski definition) is 5. The lowest BCUT2D eigenvalue weighted by Gasteiger charge is -2.43. The van der Waals surface area contributed by atoms with Gasteiger partial charge in [0.25, 0.3) is 0 Å². The minimum absolute atomic E-state index is 0.0663. The number of aliphatic hydroxyl groups excluding tert-OH is 2. The highest BCUT2D eigenvalue weighted by Crippen LogP contribution is 2.59. The van der Waals surface area contributed by atoms with E-state index in [1.807, 2.05) is 20.2 Å². The van der Waals surface area contributed by atoms with Gasteiger partial charge in [0.15, 0.2) is 12.0 Å². The number of allylic oxidation sites excluding steroid dienone is 3. The van der Waals surface area contributed by atoms with Gasteiger partial charge in [-0.1, -0.05) is 36.3 Å². The molecule has 5 heteroatoms. The van der Waals surface area contributed by atoms with Crippen LogP contribution in [-0.4, -0.2) is 41.5 Å². The summed E-state index contributed by atoms with van der Waals surface area (Å²) in [5, 5.41) is 24.2. The van der Waals surface area contributed by atoms with E-state index in [1.54, 1.807) is 0 Å². The maximum atomic E-state index is 11.3. The van der Waals surface area contributed by atoms with E-state index in [9.17, 15) is 10.2 Å². The Balaban J connectivity index is 0.000000724. The second kappa shape index (κ2) is 8.86. The molecule has 1 heterocycles. The molecule has 0 amide bonds. The van der Waals surface area contributed by atoms with E-state index in [0.717, 1.165) is 61.6 Å². The van der Waals surface area contributed by atoms with Crippen molar-refractivity contribution >= 4 is 16.7 Å². The van der Waals surface area contributed by atoms with E-state index in [0.29, 0.717) is 11.8 Å². The second-order valence-corrected chi connectivity index (χ2v) is 10.4. The third kappa shape index (κ3) is 3.90. The van der Waals surface area contributed by atoms with Crippen molar-refractivity contribution in [3.8, 4) is 0 Å². The number of benzene rings is 1. The summed E-state index contributed by atoms with van der Waals surface area (Å²) in [6, 6.07) is 6.26. The van der Waals surface area contributed by atoms with Gasteiger partial charge in [0.05, 0.1) is 12.2 Å². The summed E-state index contributed by atoms with van der Waals surface area (Å²) in [6.07, 6.45) is 12.3. The average Bonchev–Trinajstić information content (AvgIpc) is 3.33. The van der Waals surface area contributed by atoms with Crippen molar-refractivity contribution in [3.63, 3.8) is 0 Å². The normalized spacial score (nSPS) is 33.2. The third-order valence-corrected chi connectivity index (χ3v) is 8.30. The van der Waals surface area contributed by atoms with E-state index in [1.165, 1.54) is 28.7 Å². The number of oxazole rings is 1. The number of nitrogens with one attached hydrogen (secondary N) is 1. The van der Waals surface area contributed by atoms with Gasteiger partial charge in [0.1, 0.15) is 5.52 Å². The molecule has 1 aromatic carbocycles. The standard InChI is InChI=1S/C26H29NO3.C2H7N/c1-26-13-24(29)20-11-17-10-18(28)5-2-15(17)3-6-19(20)22(26)8-7-21(26)16-4-9-25-23(12-16)27-14-30-25;1-3-2/h4,7,9,11-12,14-15,18,22,24,28-29H,2-3,5-6,8,10,13H2,1H3;3H,1-2H3. The molecular weight excluding hydrogens is 412 g/mol. The van der Waals surface area contributed by atoms with Crippen LogP contribution in [0.5, 0.6) is 0 Å². The molecule has 6 rings (SSSR count). The highest BCUT2D eigenvalue weighted by molar-refractivity contribution is 5.82. The van der Waals surface area contributed by atoms with Crippen LogP contribution < -0.4 is 5.32 Å². The number of aliphatic hydroxyl groups is 2. The molecule has 1 fully saturated rings. The molecule has 0 radical (unpaired) electrons. The van der Waals surface area contributed by atoms with Crippen LogP contribution in [0.15, 0.2) is 57.9 Å². The second-order valence-electron chi connectivity index (χ2n) is 10.4. The van der Waals surface area contributed by atoms with Crippen LogP contribution in [0.1, 0.15) is 57.4 Å². The van der Waals surface area contributed by atoms with Crippen molar-refractivity contribution in [1.29, 1.82) is 0 Å². The van der Waals surface area contributed by atoms with E-state index in [4.69, 9.17) is 4.42 Å². The summed E-state index contributed by atoms with van der Waals surface area (Å²) < 4.78 is 5.42. The molecule has 1 aromatic heterocycles. The van der Waals surface area contributed by atoms with Crippen molar-refractivity contribution in [2.75, 3.05) is 14.1 Å². The monoisotopic (exact) mass is 448 g/mol. The lowest BCUT2D eigenvalue weighted by atomic mass is 9.61. The van der Waals surface area contributed by atoms with Crippen molar-refractivity contribution in [2.45, 2.75) is 64.1 Å². The maximum absolute atomic E-state index is 11.3. The van der Waals surface area contributed by atoms with Gasteiger partial charge in [0.2, 0.25) is 0 Å². The zero-order valence-corrected chi connectivity index (χ0v) is 20.0. The quantitative estimate of drug-likeness (QED) is 0.571. The number of nitrogens with zero attached hydrogens (tertiary/aromatic N) is 1. The molecule has 176 valence electrons. The highest BCUT2D eigenvalue weighted by atomic mass is 16.3. The van der Waals surface area contributed by atoms with Crippen molar-refractivity contribution in [2.24, 2.45) is 17.3 Å². The van der Waals surface area contributed by atoms with Gasteiger partial charge in [-0.25, -0.2) is 4.98 Å². The Hall–Kier alpha value is -2.21. The number of aromatic nitrogens is 1. The van der Waals surface area contributed by atoms with Gasteiger partial charge in [0, 0.05) is 5.41 Å². The van der Waals surface area contributed by atoms with E-state index in [2.05, 4.69) is 41.5 Å². The summed E-state index contributed by atoms with van der Waals surface area (Å²) in [5.41, 5.74) is 8.15. The van der Waals surface area contributed by atoms with Gasteiger partial charge in [-0.3, -0.25) is 0 Å². The molecule has 0 spiro atoms. The number of fused-ring (bicyclic) bond motifs is 4. The fraction of sp³-hybridized carbons (Fsp3) is 0.536. The summed E-state index contributed by atoms with van der Waals surface area (Å²) in [6.45, 7) is 2.34. The Morgan fingerprint density at radius 3 is 2.79 bits per heavy atom. The van der Waals surface area contributed by atoms with Gasteiger partial charge in [-0.2, -0.15) is 0 Å². The average molecular weight is 449 g/mol. The van der Waals surface area contributed by atoms with Crippen LogP contribution in [-0.2, 0) is 0 Å². The number of hydrogen-bond donors (Lipinski definition) is 3. The molecule has 2 aromatic rings. The van der Waals surface area contributed by atoms with Gasteiger partial charge in [-0.15, -0.1) is 0 Å². The Morgan fingerprint density at radius 2 is 1.97 bits per heavy atom. The van der Waals surface area contributed by atoms with Crippen molar-refractivity contribution in [1.82, 2.24) is 10.3 Å². The molecule has 5 unspecified atom stereocenters. The van der Waals surface area contributed by atoms with Gasteiger partial charge < -0.3 is 19.9 Å². The third-order valence-electron chi connectivity index (χ3n) is 8.30. The Kier molecular flexibility index (Phi) is 6.06. The number of rotatable bonds is 1. The van der Waals surface area contributed by atoms with Crippen molar-refractivity contribution < 1.29 is 14.6 Å². The van der Waals surface area contributed by atoms with Crippen LogP contribution in [0.2, 0.25) is 0 Å².